The van der Waals surface area contributed by atoms with E-state index in [1.807, 2.05) is 0 Å². The van der Waals surface area contributed by atoms with E-state index in [1.54, 1.807) is 11.1 Å². The second kappa shape index (κ2) is 5.41. The summed E-state index contributed by atoms with van der Waals surface area (Å²) in [6.45, 7) is 5.83. The van der Waals surface area contributed by atoms with Crippen LogP contribution in [0, 0.1) is 0 Å². The van der Waals surface area contributed by atoms with Gasteiger partial charge in [-0.2, -0.15) is 0 Å². The number of nitrogens with one attached hydrogen (secondary N) is 1. The first-order chi connectivity index (χ1) is 8.90. The van der Waals surface area contributed by atoms with Crippen LogP contribution in [-0.4, -0.2) is 30.6 Å². The molecule has 0 amide bonds. The van der Waals surface area contributed by atoms with E-state index in [9.17, 15) is 0 Å². The Kier molecular flexibility index (Phi) is 3.67. The predicted molar refractivity (Wildman–Crippen MR) is 75.8 cm³/mol. The minimum absolute atomic E-state index is 0.654. The van der Waals surface area contributed by atoms with Crippen LogP contribution in [0.2, 0.25) is 0 Å². The molecule has 98 valence electrons. The standard InChI is InChI=1S/C16H24N2/c1-2-18(14-11-17-12-14)16-10-6-4-8-13-7-3-5-9-15(13)16/h3,5,7,9,14,16-17H,2,4,6,8,10-12H2,1H3. The molecular formula is C16H24N2. The Hall–Kier alpha value is -0.860. The van der Waals surface area contributed by atoms with Gasteiger partial charge in [-0.25, -0.2) is 0 Å². The fourth-order valence-electron chi connectivity index (χ4n) is 3.48. The quantitative estimate of drug-likeness (QED) is 0.823. The molecule has 1 aliphatic carbocycles. The third-order valence-electron chi connectivity index (χ3n) is 4.58. The lowest BCUT2D eigenvalue weighted by atomic mass is 9.95. The Morgan fingerprint density at radius 2 is 2.06 bits per heavy atom. The zero-order valence-corrected chi connectivity index (χ0v) is 11.4. The van der Waals surface area contributed by atoms with Gasteiger partial charge in [0.05, 0.1) is 0 Å². The van der Waals surface area contributed by atoms with Crippen LogP contribution >= 0.6 is 0 Å². The van der Waals surface area contributed by atoms with Gasteiger partial charge in [0.15, 0.2) is 0 Å². The van der Waals surface area contributed by atoms with Gasteiger partial charge in [0, 0.05) is 25.2 Å². The molecule has 2 aliphatic rings. The molecule has 2 heteroatoms. The van der Waals surface area contributed by atoms with Crippen molar-refractivity contribution in [2.75, 3.05) is 19.6 Å². The number of hydrogen-bond donors (Lipinski definition) is 1. The highest BCUT2D eigenvalue weighted by molar-refractivity contribution is 5.31. The van der Waals surface area contributed by atoms with Crippen molar-refractivity contribution in [2.24, 2.45) is 0 Å². The summed E-state index contributed by atoms with van der Waals surface area (Å²) in [5.41, 5.74) is 3.19. The van der Waals surface area contributed by atoms with E-state index in [1.165, 1.54) is 45.3 Å². The van der Waals surface area contributed by atoms with Crippen molar-refractivity contribution in [3.05, 3.63) is 35.4 Å². The number of nitrogens with zero attached hydrogens (tertiary/aromatic N) is 1. The maximum absolute atomic E-state index is 3.41. The fraction of sp³-hybridized carbons (Fsp3) is 0.625. The average Bonchev–Trinajstić information content (AvgIpc) is 2.56. The third kappa shape index (κ3) is 2.19. The second-order valence-corrected chi connectivity index (χ2v) is 5.60. The van der Waals surface area contributed by atoms with E-state index in [0.29, 0.717) is 6.04 Å². The molecule has 0 saturated carbocycles. The Morgan fingerprint density at radius 1 is 1.22 bits per heavy atom. The van der Waals surface area contributed by atoms with Gasteiger partial charge in [-0.15, -0.1) is 0 Å². The first-order valence-corrected chi connectivity index (χ1v) is 7.44. The third-order valence-corrected chi connectivity index (χ3v) is 4.58. The maximum Gasteiger partial charge on any atom is 0.0354 e. The summed E-state index contributed by atoms with van der Waals surface area (Å²) < 4.78 is 0. The Labute approximate surface area is 110 Å². The van der Waals surface area contributed by atoms with E-state index >= 15 is 0 Å². The minimum Gasteiger partial charge on any atom is -0.314 e. The first kappa shape index (κ1) is 12.2. The highest BCUT2D eigenvalue weighted by Crippen LogP contribution is 2.34. The summed E-state index contributed by atoms with van der Waals surface area (Å²) in [4.78, 5) is 2.72. The SMILES string of the molecule is CCN(C1CNC1)C1CCCCc2ccccc21. The van der Waals surface area contributed by atoms with Gasteiger partial charge >= 0.3 is 0 Å². The highest BCUT2D eigenvalue weighted by Gasteiger charge is 2.31. The van der Waals surface area contributed by atoms with Crippen molar-refractivity contribution >= 4 is 0 Å². The van der Waals surface area contributed by atoms with Gasteiger partial charge in [-0.05, 0) is 36.9 Å². The molecular weight excluding hydrogens is 220 g/mol. The molecule has 1 saturated heterocycles. The van der Waals surface area contributed by atoms with E-state index in [4.69, 9.17) is 0 Å². The molecule has 18 heavy (non-hydrogen) atoms. The van der Waals surface area contributed by atoms with Gasteiger partial charge in [0.2, 0.25) is 0 Å². The zero-order valence-electron chi connectivity index (χ0n) is 11.4. The normalized spacial score (nSPS) is 24.4. The van der Waals surface area contributed by atoms with Crippen LogP contribution < -0.4 is 5.32 Å². The van der Waals surface area contributed by atoms with Crippen molar-refractivity contribution in [3.8, 4) is 0 Å². The largest absolute Gasteiger partial charge is 0.314 e. The minimum atomic E-state index is 0.654. The van der Waals surface area contributed by atoms with Gasteiger partial charge < -0.3 is 5.32 Å². The van der Waals surface area contributed by atoms with E-state index in [0.717, 1.165) is 6.04 Å². The second-order valence-electron chi connectivity index (χ2n) is 5.60. The van der Waals surface area contributed by atoms with E-state index in [2.05, 4.69) is 41.4 Å². The van der Waals surface area contributed by atoms with Gasteiger partial charge in [-0.3, -0.25) is 4.90 Å². The fourth-order valence-corrected chi connectivity index (χ4v) is 3.48. The van der Waals surface area contributed by atoms with Crippen LogP contribution in [-0.2, 0) is 6.42 Å². The van der Waals surface area contributed by atoms with E-state index < -0.39 is 0 Å². The first-order valence-electron chi connectivity index (χ1n) is 7.44. The molecule has 1 aromatic carbocycles. The number of aryl methyl sites for hydroxylation is 1. The lowest BCUT2D eigenvalue weighted by Gasteiger charge is -2.43. The molecule has 1 atom stereocenters. The van der Waals surface area contributed by atoms with Gasteiger partial charge in [0.1, 0.15) is 0 Å². The Morgan fingerprint density at radius 3 is 2.78 bits per heavy atom. The Bertz CT molecular complexity index is 398. The number of likely N-dealkylation sites (N-methyl/N-ethyl adjacent to an activating group) is 1. The van der Waals surface area contributed by atoms with Crippen molar-refractivity contribution in [1.29, 1.82) is 0 Å². The molecule has 1 aromatic rings. The average molecular weight is 244 g/mol. The molecule has 0 spiro atoms. The summed E-state index contributed by atoms with van der Waals surface area (Å²) in [6.07, 6.45) is 5.33. The van der Waals surface area contributed by atoms with Crippen LogP contribution in [0.3, 0.4) is 0 Å². The molecule has 1 aliphatic heterocycles. The molecule has 0 aromatic heterocycles. The highest BCUT2D eigenvalue weighted by atomic mass is 15.3. The van der Waals surface area contributed by atoms with Crippen LogP contribution in [0.25, 0.3) is 0 Å². The molecule has 3 rings (SSSR count). The number of rotatable bonds is 3. The van der Waals surface area contributed by atoms with Crippen LogP contribution in [0.4, 0.5) is 0 Å². The lowest BCUT2D eigenvalue weighted by molar-refractivity contribution is 0.0951. The smallest absolute Gasteiger partial charge is 0.0354 e. The zero-order chi connectivity index (χ0) is 12.4. The van der Waals surface area contributed by atoms with Gasteiger partial charge in [-0.1, -0.05) is 37.6 Å². The predicted octanol–water partition coefficient (Wildman–Crippen LogP) is 2.75. The maximum atomic E-state index is 3.41. The molecule has 2 nitrogen and oxygen atoms in total. The Balaban J connectivity index is 1.89. The van der Waals surface area contributed by atoms with E-state index in [-0.39, 0.29) is 0 Å². The van der Waals surface area contributed by atoms with Crippen molar-refractivity contribution in [1.82, 2.24) is 10.2 Å². The number of fused-ring (bicyclic) bond motifs is 1. The van der Waals surface area contributed by atoms with Crippen molar-refractivity contribution < 1.29 is 0 Å². The summed E-state index contributed by atoms with van der Waals surface area (Å²) in [5.74, 6) is 0. The number of hydrogen-bond acceptors (Lipinski definition) is 2. The van der Waals surface area contributed by atoms with Crippen LogP contribution in [0.15, 0.2) is 24.3 Å². The molecule has 0 bridgehead atoms. The lowest BCUT2D eigenvalue weighted by Crippen LogP contribution is -2.57. The molecule has 1 N–H and O–H groups in total. The molecule has 1 unspecified atom stereocenters. The van der Waals surface area contributed by atoms with Crippen molar-refractivity contribution in [3.63, 3.8) is 0 Å². The molecule has 1 fully saturated rings. The topological polar surface area (TPSA) is 15.3 Å². The summed E-state index contributed by atoms with van der Waals surface area (Å²) in [6, 6.07) is 10.5. The molecule has 0 radical (unpaired) electrons. The number of benzene rings is 1. The summed E-state index contributed by atoms with van der Waals surface area (Å²) in [5, 5.41) is 3.41. The summed E-state index contributed by atoms with van der Waals surface area (Å²) in [7, 11) is 0. The molecule has 1 heterocycles. The van der Waals surface area contributed by atoms with Crippen molar-refractivity contribution in [2.45, 2.75) is 44.7 Å². The van der Waals surface area contributed by atoms with Gasteiger partial charge in [0.25, 0.3) is 0 Å². The summed E-state index contributed by atoms with van der Waals surface area (Å²) >= 11 is 0. The van der Waals surface area contributed by atoms with Crippen LogP contribution in [0.1, 0.15) is 43.4 Å². The monoisotopic (exact) mass is 244 g/mol. The van der Waals surface area contributed by atoms with Crippen LogP contribution in [0.5, 0.6) is 0 Å².